The van der Waals surface area contributed by atoms with Crippen molar-refractivity contribution in [3.05, 3.63) is 34.7 Å². The van der Waals surface area contributed by atoms with Crippen molar-refractivity contribution in [3.8, 4) is 21.9 Å². The second-order valence-electron chi connectivity index (χ2n) is 2.80. The molecule has 4 heteroatoms. The predicted molar refractivity (Wildman–Crippen MR) is 58.1 cm³/mol. The second-order valence-corrected chi connectivity index (χ2v) is 4.15. The summed E-state index contributed by atoms with van der Waals surface area (Å²) in [5, 5.41) is 21.0. The molecule has 0 saturated heterocycles. The highest BCUT2D eigenvalue weighted by Crippen LogP contribution is 2.40. The molecule has 0 unspecified atom stereocenters. The minimum atomic E-state index is -0.0344. The standard InChI is InChI=1S/C10H7ClO2S/c11-7-4-6(12)5-8(13)10(7)9-2-1-3-14-9/h1-5,12-13H. The van der Waals surface area contributed by atoms with Gasteiger partial charge < -0.3 is 10.2 Å². The van der Waals surface area contributed by atoms with Gasteiger partial charge in [-0.3, -0.25) is 0 Å². The molecule has 0 amide bonds. The monoisotopic (exact) mass is 226 g/mol. The van der Waals surface area contributed by atoms with E-state index in [4.69, 9.17) is 11.6 Å². The molecule has 0 atom stereocenters. The van der Waals surface area contributed by atoms with Crippen molar-refractivity contribution in [1.82, 2.24) is 0 Å². The van der Waals surface area contributed by atoms with Crippen LogP contribution < -0.4 is 0 Å². The van der Waals surface area contributed by atoms with Crippen LogP contribution in [0.5, 0.6) is 11.5 Å². The predicted octanol–water partition coefficient (Wildman–Crippen LogP) is 3.48. The van der Waals surface area contributed by atoms with Gasteiger partial charge in [-0.15, -0.1) is 11.3 Å². The molecule has 2 N–H and O–H groups in total. The molecule has 14 heavy (non-hydrogen) atoms. The Hall–Kier alpha value is -1.19. The number of hydrogen-bond donors (Lipinski definition) is 2. The van der Waals surface area contributed by atoms with Gasteiger partial charge in [0.05, 0.1) is 10.6 Å². The van der Waals surface area contributed by atoms with Crippen molar-refractivity contribution in [2.24, 2.45) is 0 Å². The summed E-state index contributed by atoms with van der Waals surface area (Å²) in [6.45, 7) is 0. The van der Waals surface area contributed by atoms with Gasteiger partial charge in [0.15, 0.2) is 0 Å². The lowest BCUT2D eigenvalue weighted by Gasteiger charge is -2.05. The molecular weight excluding hydrogens is 220 g/mol. The molecule has 0 radical (unpaired) electrons. The first-order chi connectivity index (χ1) is 6.68. The summed E-state index contributed by atoms with van der Waals surface area (Å²) in [5.74, 6) is -0.0368. The van der Waals surface area contributed by atoms with Crippen LogP contribution in [0.15, 0.2) is 29.6 Å². The average Bonchev–Trinajstić information content (AvgIpc) is 2.54. The van der Waals surface area contributed by atoms with Crippen molar-refractivity contribution >= 4 is 22.9 Å². The van der Waals surface area contributed by atoms with Gasteiger partial charge in [-0.05, 0) is 17.5 Å². The highest BCUT2D eigenvalue weighted by atomic mass is 35.5. The summed E-state index contributed by atoms with van der Waals surface area (Å²) < 4.78 is 0. The number of thiophene rings is 1. The SMILES string of the molecule is Oc1cc(O)c(-c2cccs2)c(Cl)c1. The van der Waals surface area contributed by atoms with Crippen molar-refractivity contribution < 1.29 is 10.2 Å². The number of halogens is 1. The number of phenols is 2. The van der Waals surface area contributed by atoms with Gasteiger partial charge in [-0.25, -0.2) is 0 Å². The topological polar surface area (TPSA) is 40.5 Å². The van der Waals surface area contributed by atoms with E-state index in [0.29, 0.717) is 10.6 Å². The number of hydrogen-bond acceptors (Lipinski definition) is 3. The van der Waals surface area contributed by atoms with Crippen LogP contribution in [0, 0.1) is 0 Å². The highest BCUT2D eigenvalue weighted by Gasteiger charge is 2.11. The lowest BCUT2D eigenvalue weighted by molar-refractivity contribution is 0.452. The first-order valence-electron chi connectivity index (χ1n) is 3.94. The Labute approximate surface area is 90.0 Å². The maximum absolute atomic E-state index is 9.61. The van der Waals surface area contributed by atoms with Crippen LogP contribution in [-0.2, 0) is 0 Å². The van der Waals surface area contributed by atoms with E-state index >= 15 is 0 Å². The molecule has 2 rings (SSSR count). The number of rotatable bonds is 1. The fraction of sp³-hybridized carbons (Fsp3) is 0. The molecule has 0 saturated carbocycles. The van der Waals surface area contributed by atoms with Crippen LogP contribution in [0.3, 0.4) is 0 Å². The molecular formula is C10H7ClO2S. The fourth-order valence-electron chi connectivity index (χ4n) is 1.24. The minimum Gasteiger partial charge on any atom is -0.508 e. The minimum absolute atomic E-state index is 0.00236. The molecule has 1 aromatic carbocycles. The normalized spacial score (nSPS) is 10.4. The second kappa shape index (κ2) is 3.52. The Morgan fingerprint density at radius 2 is 2.00 bits per heavy atom. The summed E-state index contributed by atoms with van der Waals surface area (Å²) in [6, 6.07) is 6.43. The summed E-state index contributed by atoms with van der Waals surface area (Å²) in [7, 11) is 0. The van der Waals surface area contributed by atoms with Gasteiger partial charge in [0.1, 0.15) is 11.5 Å². The molecule has 2 nitrogen and oxygen atoms in total. The molecule has 0 aliphatic heterocycles. The van der Waals surface area contributed by atoms with E-state index < -0.39 is 0 Å². The third kappa shape index (κ3) is 1.56. The Bertz CT molecular complexity index is 428. The van der Waals surface area contributed by atoms with Crippen molar-refractivity contribution in [1.29, 1.82) is 0 Å². The van der Waals surface area contributed by atoms with Crippen LogP contribution in [-0.4, -0.2) is 10.2 Å². The van der Waals surface area contributed by atoms with E-state index in [0.717, 1.165) is 4.88 Å². The average molecular weight is 227 g/mol. The van der Waals surface area contributed by atoms with Crippen LogP contribution in [0.4, 0.5) is 0 Å². The lowest BCUT2D eigenvalue weighted by Crippen LogP contribution is -1.77. The quantitative estimate of drug-likeness (QED) is 0.782. The molecule has 1 heterocycles. The van der Waals surface area contributed by atoms with Gasteiger partial charge in [0.25, 0.3) is 0 Å². The third-order valence-corrected chi connectivity index (χ3v) is 3.01. The van der Waals surface area contributed by atoms with Gasteiger partial charge in [0, 0.05) is 10.9 Å². The summed E-state index contributed by atoms with van der Waals surface area (Å²) in [4.78, 5) is 0.882. The highest BCUT2D eigenvalue weighted by molar-refractivity contribution is 7.13. The third-order valence-electron chi connectivity index (χ3n) is 1.82. The maximum Gasteiger partial charge on any atom is 0.129 e. The van der Waals surface area contributed by atoms with Gasteiger partial charge in [0.2, 0.25) is 0 Å². The van der Waals surface area contributed by atoms with Gasteiger partial charge >= 0.3 is 0 Å². The molecule has 0 fully saturated rings. The lowest BCUT2D eigenvalue weighted by atomic mass is 10.1. The van der Waals surface area contributed by atoms with Gasteiger partial charge in [-0.2, -0.15) is 0 Å². The first kappa shape index (κ1) is 9.37. The summed E-state index contributed by atoms with van der Waals surface area (Å²) in [6.07, 6.45) is 0. The van der Waals surface area contributed by atoms with Crippen LogP contribution in [0.1, 0.15) is 0 Å². The zero-order valence-corrected chi connectivity index (χ0v) is 8.64. The molecule has 0 bridgehead atoms. The van der Waals surface area contributed by atoms with Gasteiger partial charge in [-0.1, -0.05) is 17.7 Å². The van der Waals surface area contributed by atoms with Crippen molar-refractivity contribution in [3.63, 3.8) is 0 Å². The Morgan fingerprint density at radius 3 is 2.57 bits per heavy atom. The number of benzene rings is 1. The molecule has 2 aromatic rings. The van der Waals surface area contributed by atoms with Crippen molar-refractivity contribution in [2.45, 2.75) is 0 Å². The molecule has 72 valence electrons. The van der Waals surface area contributed by atoms with Crippen LogP contribution >= 0.6 is 22.9 Å². The van der Waals surface area contributed by atoms with E-state index in [-0.39, 0.29) is 11.5 Å². The van der Waals surface area contributed by atoms with Crippen LogP contribution in [0.2, 0.25) is 5.02 Å². The van der Waals surface area contributed by atoms with E-state index in [1.807, 2.05) is 17.5 Å². The van der Waals surface area contributed by atoms with Crippen LogP contribution in [0.25, 0.3) is 10.4 Å². The van der Waals surface area contributed by atoms with E-state index in [9.17, 15) is 10.2 Å². The Balaban J connectivity index is 2.64. The molecule has 0 aliphatic carbocycles. The maximum atomic E-state index is 9.61. The number of aromatic hydroxyl groups is 2. The summed E-state index contributed by atoms with van der Waals surface area (Å²) >= 11 is 7.40. The van der Waals surface area contributed by atoms with E-state index in [1.165, 1.54) is 23.5 Å². The largest absolute Gasteiger partial charge is 0.508 e. The number of phenolic OH excluding ortho intramolecular Hbond substituents is 2. The molecule has 0 spiro atoms. The molecule has 1 aromatic heterocycles. The zero-order chi connectivity index (χ0) is 10.1. The fourth-order valence-corrected chi connectivity index (χ4v) is 2.40. The summed E-state index contributed by atoms with van der Waals surface area (Å²) in [5.41, 5.74) is 0.569. The van der Waals surface area contributed by atoms with E-state index in [1.54, 1.807) is 0 Å². The Kier molecular flexibility index (Phi) is 2.35. The van der Waals surface area contributed by atoms with E-state index in [2.05, 4.69) is 0 Å². The first-order valence-corrected chi connectivity index (χ1v) is 5.19. The smallest absolute Gasteiger partial charge is 0.129 e. The van der Waals surface area contributed by atoms with Crippen molar-refractivity contribution in [2.75, 3.05) is 0 Å². The Morgan fingerprint density at radius 1 is 1.21 bits per heavy atom. The molecule has 0 aliphatic rings. The zero-order valence-electron chi connectivity index (χ0n) is 7.07.